The molecule has 0 bridgehead atoms. The quantitative estimate of drug-likeness (QED) is 0.775. The number of halogens is 1. The van der Waals surface area contributed by atoms with Crippen LogP contribution in [0.3, 0.4) is 0 Å². The standard InChI is InChI=1S/C8H10ClNO2/c1-12-8-7(9)3-2-6(10-8)4-5-11/h2-3,11H,4-5H2,1H3. The van der Waals surface area contributed by atoms with Crippen LogP contribution in [0.5, 0.6) is 5.88 Å². The lowest BCUT2D eigenvalue weighted by atomic mass is 10.3. The molecule has 0 aliphatic heterocycles. The van der Waals surface area contributed by atoms with Gasteiger partial charge in [0.1, 0.15) is 5.02 Å². The van der Waals surface area contributed by atoms with Crippen molar-refractivity contribution in [1.29, 1.82) is 0 Å². The fourth-order valence-electron chi connectivity index (χ4n) is 0.859. The predicted molar refractivity (Wildman–Crippen MR) is 46.6 cm³/mol. The van der Waals surface area contributed by atoms with Gasteiger partial charge in [-0.25, -0.2) is 4.98 Å². The Kier molecular flexibility index (Phi) is 3.31. The van der Waals surface area contributed by atoms with Gasteiger partial charge in [-0.15, -0.1) is 0 Å². The Morgan fingerprint density at radius 2 is 2.33 bits per heavy atom. The monoisotopic (exact) mass is 187 g/mol. The minimum atomic E-state index is 0.0811. The van der Waals surface area contributed by atoms with E-state index in [-0.39, 0.29) is 6.61 Å². The molecule has 1 N–H and O–H groups in total. The molecular formula is C8H10ClNO2. The molecule has 12 heavy (non-hydrogen) atoms. The third-order valence-corrected chi connectivity index (χ3v) is 1.72. The van der Waals surface area contributed by atoms with Gasteiger partial charge in [-0.2, -0.15) is 0 Å². The van der Waals surface area contributed by atoms with Gasteiger partial charge >= 0.3 is 0 Å². The molecule has 0 aromatic carbocycles. The molecule has 0 unspecified atom stereocenters. The zero-order chi connectivity index (χ0) is 8.97. The predicted octanol–water partition coefficient (Wildman–Crippen LogP) is 1.28. The van der Waals surface area contributed by atoms with Crippen molar-refractivity contribution in [2.45, 2.75) is 6.42 Å². The number of hydrogen-bond donors (Lipinski definition) is 1. The van der Waals surface area contributed by atoms with Crippen LogP contribution in [0.15, 0.2) is 12.1 Å². The van der Waals surface area contributed by atoms with Crippen LogP contribution in [0.25, 0.3) is 0 Å². The molecule has 1 aromatic rings. The maximum absolute atomic E-state index is 8.64. The van der Waals surface area contributed by atoms with Crippen molar-refractivity contribution in [3.63, 3.8) is 0 Å². The highest BCUT2D eigenvalue weighted by Crippen LogP contribution is 2.21. The van der Waals surface area contributed by atoms with Crippen LogP contribution in [-0.4, -0.2) is 23.8 Å². The van der Waals surface area contributed by atoms with Crippen LogP contribution in [0.2, 0.25) is 5.02 Å². The summed E-state index contributed by atoms with van der Waals surface area (Å²) in [6, 6.07) is 3.47. The Labute approximate surface area is 76.0 Å². The number of aliphatic hydroxyl groups excluding tert-OH is 1. The third-order valence-electron chi connectivity index (χ3n) is 1.43. The van der Waals surface area contributed by atoms with Gasteiger partial charge in [-0.05, 0) is 12.1 Å². The molecule has 1 aromatic heterocycles. The van der Waals surface area contributed by atoms with Gasteiger partial charge in [0.2, 0.25) is 5.88 Å². The zero-order valence-electron chi connectivity index (χ0n) is 6.75. The van der Waals surface area contributed by atoms with E-state index in [1.54, 1.807) is 12.1 Å². The number of aromatic nitrogens is 1. The lowest BCUT2D eigenvalue weighted by Gasteiger charge is -2.03. The molecule has 1 heterocycles. The molecule has 0 aliphatic rings. The van der Waals surface area contributed by atoms with Gasteiger partial charge in [-0.3, -0.25) is 0 Å². The number of methoxy groups -OCH3 is 1. The normalized spacial score (nSPS) is 9.92. The molecule has 0 fully saturated rings. The number of rotatable bonds is 3. The van der Waals surface area contributed by atoms with Crippen LogP contribution >= 0.6 is 11.6 Å². The van der Waals surface area contributed by atoms with Gasteiger partial charge in [0.25, 0.3) is 0 Å². The first-order valence-electron chi connectivity index (χ1n) is 3.58. The maximum atomic E-state index is 8.64. The fraction of sp³-hybridized carbons (Fsp3) is 0.375. The number of nitrogens with zero attached hydrogens (tertiary/aromatic N) is 1. The van der Waals surface area contributed by atoms with Gasteiger partial charge in [0.15, 0.2) is 0 Å². The first kappa shape index (κ1) is 9.29. The van der Waals surface area contributed by atoms with Crippen LogP contribution in [0.4, 0.5) is 0 Å². The van der Waals surface area contributed by atoms with E-state index < -0.39 is 0 Å². The molecule has 0 amide bonds. The first-order valence-corrected chi connectivity index (χ1v) is 3.96. The summed E-state index contributed by atoms with van der Waals surface area (Å²) in [5.74, 6) is 0.405. The molecular weight excluding hydrogens is 178 g/mol. The minimum absolute atomic E-state index is 0.0811. The van der Waals surface area contributed by atoms with Crippen LogP contribution in [0.1, 0.15) is 5.69 Å². The summed E-state index contributed by atoms with van der Waals surface area (Å²) in [6.07, 6.45) is 0.521. The molecule has 0 aliphatic carbocycles. The molecule has 0 atom stereocenters. The highest BCUT2D eigenvalue weighted by Gasteiger charge is 2.02. The molecule has 0 saturated heterocycles. The summed E-state index contributed by atoms with van der Waals surface area (Å²) in [6.45, 7) is 0.0811. The Morgan fingerprint density at radius 1 is 1.58 bits per heavy atom. The highest BCUT2D eigenvalue weighted by atomic mass is 35.5. The maximum Gasteiger partial charge on any atom is 0.232 e. The van der Waals surface area contributed by atoms with E-state index in [1.807, 2.05) is 0 Å². The van der Waals surface area contributed by atoms with E-state index in [2.05, 4.69) is 4.98 Å². The Balaban J connectivity index is 2.89. The van der Waals surface area contributed by atoms with E-state index in [0.29, 0.717) is 17.3 Å². The molecule has 0 spiro atoms. The molecule has 0 saturated carbocycles. The molecule has 3 nitrogen and oxygen atoms in total. The zero-order valence-corrected chi connectivity index (χ0v) is 7.51. The number of aliphatic hydroxyl groups is 1. The minimum Gasteiger partial charge on any atom is -0.480 e. The SMILES string of the molecule is COc1nc(CCO)ccc1Cl. The summed E-state index contributed by atoms with van der Waals surface area (Å²) in [4.78, 5) is 4.07. The number of hydrogen-bond acceptors (Lipinski definition) is 3. The topological polar surface area (TPSA) is 42.4 Å². The van der Waals surface area contributed by atoms with E-state index >= 15 is 0 Å². The summed E-state index contributed by atoms with van der Waals surface area (Å²) in [7, 11) is 1.51. The second-order valence-corrected chi connectivity index (χ2v) is 2.67. The lowest BCUT2D eigenvalue weighted by Crippen LogP contribution is -1.97. The Hall–Kier alpha value is -0.800. The van der Waals surface area contributed by atoms with E-state index in [1.165, 1.54) is 7.11 Å². The molecule has 0 radical (unpaired) electrons. The fourth-order valence-corrected chi connectivity index (χ4v) is 1.04. The van der Waals surface area contributed by atoms with Crippen molar-refractivity contribution in [2.75, 3.05) is 13.7 Å². The van der Waals surface area contributed by atoms with Crippen LogP contribution in [-0.2, 0) is 6.42 Å². The van der Waals surface area contributed by atoms with Crippen molar-refractivity contribution in [1.82, 2.24) is 4.98 Å². The Bertz CT molecular complexity index is 265. The smallest absolute Gasteiger partial charge is 0.232 e. The number of ether oxygens (including phenoxy) is 1. The summed E-state index contributed by atoms with van der Waals surface area (Å²) < 4.78 is 4.91. The van der Waals surface area contributed by atoms with Gasteiger partial charge in [0, 0.05) is 18.7 Å². The van der Waals surface area contributed by atoms with E-state index in [9.17, 15) is 0 Å². The lowest BCUT2D eigenvalue weighted by molar-refractivity contribution is 0.297. The summed E-state index contributed by atoms with van der Waals surface area (Å²) in [5.41, 5.74) is 0.777. The van der Waals surface area contributed by atoms with Crippen molar-refractivity contribution >= 4 is 11.6 Å². The first-order chi connectivity index (χ1) is 5.77. The van der Waals surface area contributed by atoms with Crippen molar-refractivity contribution in [3.05, 3.63) is 22.8 Å². The second kappa shape index (κ2) is 4.28. The molecule has 66 valence electrons. The van der Waals surface area contributed by atoms with Crippen LogP contribution in [0, 0.1) is 0 Å². The molecule has 4 heteroatoms. The second-order valence-electron chi connectivity index (χ2n) is 2.27. The van der Waals surface area contributed by atoms with Crippen molar-refractivity contribution in [2.24, 2.45) is 0 Å². The van der Waals surface area contributed by atoms with Crippen molar-refractivity contribution in [3.8, 4) is 5.88 Å². The van der Waals surface area contributed by atoms with Crippen LogP contribution < -0.4 is 4.74 Å². The summed E-state index contributed by atoms with van der Waals surface area (Å²) in [5, 5.41) is 9.12. The Morgan fingerprint density at radius 3 is 2.92 bits per heavy atom. The van der Waals surface area contributed by atoms with Gasteiger partial charge in [0.05, 0.1) is 7.11 Å². The summed E-state index contributed by atoms with van der Waals surface area (Å²) >= 11 is 5.75. The molecule has 1 rings (SSSR count). The van der Waals surface area contributed by atoms with Gasteiger partial charge < -0.3 is 9.84 Å². The highest BCUT2D eigenvalue weighted by molar-refractivity contribution is 6.31. The average molecular weight is 188 g/mol. The van der Waals surface area contributed by atoms with Gasteiger partial charge in [-0.1, -0.05) is 11.6 Å². The average Bonchev–Trinajstić information content (AvgIpc) is 2.09. The third kappa shape index (κ3) is 2.09. The largest absolute Gasteiger partial charge is 0.480 e. The van der Waals surface area contributed by atoms with E-state index in [4.69, 9.17) is 21.4 Å². The number of pyridine rings is 1. The van der Waals surface area contributed by atoms with E-state index in [0.717, 1.165) is 5.69 Å². The van der Waals surface area contributed by atoms with Crippen molar-refractivity contribution < 1.29 is 9.84 Å².